The fourth-order valence-electron chi connectivity index (χ4n) is 6.72. The Balaban J connectivity index is 1.38. The number of benzene rings is 1. The van der Waals surface area contributed by atoms with Gasteiger partial charge in [0.2, 0.25) is 0 Å². The van der Waals surface area contributed by atoms with Crippen LogP contribution in [-0.2, 0) is 14.3 Å². The molecule has 1 atom stereocenters. The first-order chi connectivity index (χ1) is 18.7. The monoisotopic (exact) mass is 536 g/mol. The summed E-state index contributed by atoms with van der Waals surface area (Å²) >= 11 is 0. The molecule has 7 nitrogen and oxygen atoms in total. The van der Waals surface area contributed by atoms with Gasteiger partial charge >= 0.3 is 5.97 Å². The van der Waals surface area contributed by atoms with E-state index in [1.807, 2.05) is 6.08 Å². The van der Waals surface area contributed by atoms with Crippen LogP contribution < -0.4 is 4.90 Å². The van der Waals surface area contributed by atoms with Crippen molar-refractivity contribution in [3.05, 3.63) is 65.5 Å². The fraction of sp³-hybridized carbons (Fsp3) is 0.562. The van der Waals surface area contributed by atoms with Gasteiger partial charge in [0.25, 0.3) is 5.91 Å². The Morgan fingerprint density at radius 2 is 1.87 bits per heavy atom. The van der Waals surface area contributed by atoms with Gasteiger partial charge in [-0.05, 0) is 95.3 Å². The van der Waals surface area contributed by atoms with Crippen molar-refractivity contribution in [1.82, 2.24) is 4.90 Å². The number of carboxylic acid groups (broad SMARTS) is 1. The molecule has 1 aromatic carbocycles. The van der Waals surface area contributed by atoms with E-state index < -0.39 is 5.97 Å². The van der Waals surface area contributed by atoms with E-state index in [-0.39, 0.29) is 29.6 Å². The SMILES string of the molecule is C=CC1=C(/C=C(\C)CN2CCC(CN(C(=O)COC)c3ccc(C(=O)O)cc3)CC2)C2(CCCC2)CC(C)O1. The predicted molar refractivity (Wildman–Crippen MR) is 154 cm³/mol. The number of nitrogens with zero attached hydrogens (tertiary/aromatic N) is 2. The standard InChI is InChI=1S/C32H44N2O5/c1-5-29-28(32(14-6-7-15-32)19-24(3)39-29)18-23(2)20-33-16-12-25(13-17-33)21-34(30(35)22-38-4)27-10-8-26(9-11-27)31(36)37/h5,8-11,18,24-25H,1,6-7,12-17,19-22H2,2-4H3,(H,36,37)/b23-18+. The molecule has 212 valence electrons. The van der Waals surface area contributed by atoms with Crippen LogP contribution in [0.5, 0.6) is 0 Å². The van der Waals surface area contributed by atoms with Gasteiger partial charge in [-0.3, -0.25) is 9.69 Å². The minimum atomic E-state index is -0.978. The highest BCUT2D eigenvalue weighted by atomic mass is 16.5. The average molecular weight is 537 g/mol. The molecule has 2 aliphatic heterocycles. The molecule has 1 aromatic rings. The number of piperidine rings is 1. The Morgan fingerprint density at radius 3 is 2.46 bits per heavy atom. The number of amides is 1. The number of hydrogen-bond donors (Lipinski definition) is 1. The van der Waals surface area contributed by atoms with Gasteiger partial charge in [0, 0.05) is 36.9 Å². The Bertz CT molecular complexity index is 1090. The highest BCUT2D eigenvalue weighted by molar-refractivity contribution is 5.95. The van der Waals surface area contributed by atoms with Gasteiger partial charge < -0.3 is 19.5 Å². The third-order valence-corrected chi connectivity index (χ3v) is 8.60. The molecule has 0 bridgehead atoms. The summed E-state index contributed by atoms with van der Waals surface area (Å²) in [6.45, 7) is 11.9. The van der Waals surface area contributed by atoms with E-state index in [9.17, 15) is 14.7 Å². The van der Waals surface area contributed by atoms with E-state index in [2.05, 4.69) is 31.4 Å². The number of methoxy groups -OCH3 is 1. The van der Waals surface area contributed by atoms with Crippen LogP contribution in [0.2, 0.25) is 0 Å². The van der Waals surface area contributed by atoms with Gasteiger partial charge in [-0.25, -0.2) is 4.79 Å². The normalized spacial score (nSPS) is 22.1. The van der Waals surface area contributed by atoms with Crippen LogP contribution >= 0.6 is 0 Å². The number of ether oxygens (including phenoxy) is 2. The lowest BCUT2D eigenvalue weighted by molar-refractivity contribution is -0.122. The molecule has 1 unspecified atom stereocenters. The van der Waals surface area contributed by atoms with Crippen molar-refractivity contribution in [2.75, 3.05) is 44.8 Å². The van der Waals surface area contributed by atoms with Crippen molar-refractivity contribution in [2.24, 2.45) is 11.3 Å². The first-order valence-electron chi connectivity index (χ1n) is 14.3. The minimum absolute atomic E-state index is 0.00392. The zero-order valence-corrected chi connectivity index (χ0v) is 23.8. The molecular weight excluding hydrogens is 492 g/mol. The van der Waals surface area contributed by atoms with E-state index in [0.29, 0.717) is 18.2 Å². The molecule has 4 rings (SSSR count). The Hall–Kier alpha value is -2.90. The molecule has 7 heteroatoms. The van der Waals surface area contributed by atoms with E-state index in [1.54, 1.807) is 29.2 Å². The van der Waals surface area contributed by atoms with Crippen molar-refractivity contribution in [3.63, 3.8) is 0 Å². The maximum atomic E-state index is 12.9. The summed E-state index contributed by atoms with van der Waals surface area (Å²) in [5.74, 6) is 0.244. The van der Waals surface area contributed by atoms with Gasteiger partial charge in [-0.1, -0.05) is 31.1 Å². The van der Waals surface area contributed by atoms with Crippen molar-refractivity contribution in [3.8, 4) is 0 Å². The quantitative estimate of drug-likeness (QED) is 0.405. The summed E-state index contributed by atoms with van der Waals surface area (Å²) in [7, 11) is 1.51. The topological polar surface area (TPSA) is 79.3 Å². The molecule has 3 aliphatic rings. The molecule has 1 N–H and O–H groups in total. The van der Waals surface area contributed by atoms with Gasteiger partial charge in [-0.2, -0.15) is 0 Å². The molecular formula is C32H44N2O5. The van der Waals surface area contributed by atoms with E-state index >= 15 is 0 Å². The van der Waals surface area contributed by atoms with Gasteiger partial charge in [0.15, 0.2) is 0 Å². The largest absolute Gasteiger partial charge is 0.490 e. The number of aromatic carboxylic acids is 1. The number of carbonyl (C=O) groups is 2. The smallest absolute Gasteiger partial charge is 0.335 e. The molecule has 1 aliphatic carbocycles. The highest BCUT2D eigenvalue weighted by Gasteiger charge is 2.42. The summed E-state index contributed by atoms with van der Waals surface area (Å²) in [5.41, 5.74) is 3.85. The molecule has 1 spiro atoms. The van der Waals surface area contributed by atoms with Crippen LogP contribution in [0.4, 0.5) is 5.69 Å². The number of carbonyl (C=O) groups excluding carboxylic acids is 1. The summed E-state index contributed by atoms with van der Waals surface area (Å²) in [6, 6.07) is 6.51. The number of anilines is 1. The van der Waals surface area contributed by atoms with Gasteiger partial charge in [0.1, 0.15) is 12.4 Å². The maximum Gasteiger partial charge on any atom is 0.335 e. The first-order valence-corrected chi connectivity index (χ1v) is 14.3. The van der Waals surface area contributed by atoms with Crippen LogP contribution in [0.15, 0.2) is 59.9 Å². The molecule has 2 fully saturated rings. The molecule has 0 aromatic heterocycles. The molecule has 39 heavy (non-hydrogen) atoms. The third kappa shape index (κ3) is 7.00. The Labute approximate surface area is 233 Å². The predicted octanol–water partition coefficient (Wildman–Crippen LogP) is 5.83. The van der Waals surface area contributed by atoms with Crippen LogP contribution in [0.1, 0.15) is 69.2 Å². The second kappa shape index (κ2) is 13.0. The van der Waals surface area contributed by atoms with Crippen LogP contribution in [0.3, 0.4) is 0 Å². The summed E-state index contributed by atoms with van der Waals surface area (Å²) in [6.07, 6.45) is 12.6. The van der Waals surface area contributed by atoms with Crippen molar-refractivity contribution in [2.45, 2.75) is 64.9 Å². The number of hydrogen-bond acceptors (Lipinski definition) is 5. The number of rotatable bonds is 10. The number of allylic oxidation sites excluding steroid dienone is 3. The van der Waals surface area contributed by atoms with E-state index in [0.717, 1.165) is 44.7 Å². The molecule has 0 radical (unpaired) electrons. The average Bonchev–Trinajstić information content (AvgIpc) is 3.38. The minimum Gasteiger partial charge on any atom is -0.490 e. The molecule has 2 heterocycles. The van der Waals surface area contributed by atoms with Gasteiger partial charge in [0.05, 0.1) is 11.7 Å². The number of carboxylic acids is 1. The summed E-state index contributed by atoms with van der Waals surface area (Å²) in [5, 5.41) is 9.22. The lowest BCUT2D eigenvalue weighted by Gasteiger charge is -2.40. The Morgan fingerprint density at radius 1 is 1.21 bits per heavy atom. The van der Waals surface area contributed by atoms with Crippen molar-refractivity contribution >= 4 is 17.6 Å². The first kappa shape index (κ1) is 29.1. The molecule has 1 saturated heterocycles. The number of likely N-dealkylation sites (tertiary alicyclic amines) is 1. The zero-order chi connectivity index (χ0) is 28.0. The summed E-state index contributed by atoms with van der Waals surface area (Å²) in [4.78, 5) is 28.4. The van der Waals surface area contributed by atoms with E-state index in [4.69, 9.17) is 9.47 Å². The molecule has 1 amide bonds. The third-order valence-electron chi connectivity index (χ3n) is 8.60. The molecule has 1 saturated carbocycles. The second-order valence-electron chi connectivity index (χ2n) is 11.6. The highest BCUT2D eigenvalue weighted by Crippen LogP contribution is 2.52. The van der Waals surface area contributed by atoms with Crippen LogP contribution in [-0.4, -0.2) is 67.9 Å². The fourth-order valence-corrected chi connectivity index (χ4v) is 6.72. The van der Waals surface area contributed by atoms with Crippen molar-refractivity contribution in [1.29, 1.82) is 0 Å². The lowest BCUT2D eigenvalue weighted by Crippen LogP contribution is -2.42. The van der Waals surface area contributed by atoms with Gasteiger partial charge in [-0.15, -0.1) is 0 Å². The van der Waals surface area contributed by atoms with E-state index in [1.165, 1.54) is 43.9 Å². The summed E-state index contributed by atoms with van der Waals surface area (Å²) < 4.78 is 11.3. The van der Waals surface area contributed by atoms with Crippen molar-refractivity contribution < 1.29 is 24.2 Å². The maximum absolute atomic E-state index is 12.9. The van der Waals surface area contributed by atoms with Crippen LogP contribution in [0.25, 0.3) is 0 Å². The zero-order valence-electron chi connectivity index (χ0n) is 23.8. The van der Waals surface area contributed by atoms with Crippen LogP contribution in [0, 0.1) is 11.3 Å². The lowest BCUT2D eigenvalue weighted by atomic mass is 9.71. The second-order valence-corrected chi connectivity index (χ2v) is 11.6. The Kier molecular flexibility index (Phi) is 9.67.